The zero-order chi connectivity index (χ0) is 8.97. The Morgan fingerprint density at radius 2 is 1.83 bits per heavy atom. The van der Waals surface area contributed by atoms with Gasteiger partial charge in [0, 0.05) is 20.9 Å². The Bertz CT molecular complexity index is 274. The third-order valence-corrected chi connectivity index (χ3v) is 2.41. The van der Waals surface area contributed by atoms with Crippen LogP contribution in [-0.2, 0) is 0 Å². The molecule has 12 heavy (non-hydrogen) atoms. The molecule has 0 atom stereocenters. The average Bonchev–Trinajstić information content (AvgIpc) is 2.04. The number of benzene rings is 1. The Hall–Kier alpha value is 0.0200. The molecule has 1 aromatic carbocycles. The van der Waals surface area contributed by atoms with Crippen LogP contribution in [0.25, 0.3) is 6.08 Å². The van der Waals surface area contributed by atoms with Gasteiger partial charge in [0.15, 0.2) is 0 Å². The van der Waals surface area contributed by atoms with Crippen LogP contribution in [-0.4, -0.2) is 5.33 Å². The number of rotatable bonds is 2. The molecular weight excluding hydrogens is 259 g/mol. The van der Waals surface area contributed by atoms with Crippen molar-refractivity contribution in [3.8, 4) is 0 Å². The molecule has 0 amide bonds. The lowest BCUT2D eigenvalue weighted by atomic mass is 10.2. The van der Waals surface area contributed by atoms with E-state index in [4.69, 9.17) is 23.2 Å². The van der Waals surface area contributed by atoms with Gasteiger partial charge in [-0.05, 0) is 12.1 Å². The van der Waals surface area contributed by atoms with Crippen LogP contribution in [0.1, 0.15) is 5.56 Å². The summed E-state index contributed by atoms with van der Waals surface area (Å²) in [4.78, 5) is 0. The highest BCUT2D eigenvalue weighted by Gasteiger charge is 1.99. The van der Waals surface area contributed by atoms with Gasteiger partial charge in [0.2, 0.25) is 0 Å². The molecule has 0 saturated carbocycles. The van der Waals surface area contributed by atoms with Crippen molar-refractivity contribution >= 4 is 45.2 Å². The zero-order valence-corrected chi connectivity index (χ0v) is 9.33. The molecule has 1 aromatic rings. The molecule has 3 heteroatoms. The van der Waals surface area contributed by atoms with Crippen LogP contribution in [0.5, 0.6) is 0 Å². The fourth-order valence-electron chi connectivity index (χ4n) is 0.832. The minimum absolute atomic E-state index is 0.680. The predicted molar refractivity (Wildman–Crippen MR) is 59.3 cm³/mol. The monoisotopic (exact) mass is 264 g/mol. The van der Waals surface area contributed by atoms with Gasteiger partial charge in [0.25, 0.3) is 0 Å². The molecule has 64 valence electrons. The molecule has 0 aliphatic carbocycles. The quantitative estimate of drug-likeness (QED) is 0.696. The zero-order valence-electron chi connectivity index (χ0n) is 6.23. The van der Waals surface area contributed by atoms with E-state index in [1.54, 1.807) is 0 Å². The first kappa shape index (κ1) is 10.1. The van der Waals surface area contributed by atoms with Crippen molar-refractivity contribution in [1.82, 2.24) is 0 Å². The molecule has 0 unspecified atom stereocenters. The van der Waals surface area contributed by atoms with Crippen molar-refractivity contribution in [3.63, 3.8) is 0 Å². The fourth-order valence-corrected chi connectivity index (χ4v) is 1.54. The van der Waals surface area contributed by atoms with E-state index in [2.05, 4.69) is 15.9 Å². The number of hydrogen-bond acceptors (Lipinski definition) is 0. The lowest BCUT2D eigenvalue weighted by Crippen LogP contribution is -1.76. The lowest BCUT2D eigenvalue weighted by Gasteiger charge is -1.99. The van der Waals surface area contributed by atoms with Crippen molar-refractivity contribution < 1.29 is 0 Å². The molecule has 0 aliphatic rings. The first-order valence-electron chi connectivity index (χ1n) is 3.42. The highest BCUT2D eigenvalue weighted by atomic mass is 79.9. The van der Waals surface area contributed by atoms with E-state index in [1.165, 1.54) is 0 Å². The third kappa shape index (κ3) is 2.51. The first-order valence-corrected chi connectivity index (χ1v) is 5.30. The van der Waals surface area contributed by atoms with Crippen molar-refractivity contribution in [2.75, 3.05) is 5.33 Å². The summed E-state index contributed by atoms with van der Waals surface area (Å²) in [7, 11) is 0. The van der Waals surface area contributed by atoms with E-state index < -0.39 is 0 Å². The fraction of sp³-hybridized carbons (Fsp3) is 0.111. The molecule has 1 rings (SSSR count). The van der Waals surface area contributed by atoms with E-state index in [0.29, 0.717) is 10.0 Å². The standard InChI is InChI=1S/C9H7BrCl2/c10-6-2-3-7-8(11)4-1-5-9(7)12/h1-5H,6H2/b3-2+. The summed E-state index contributed by atoms with van der Waals surface area (Å²) in [5, 5.41) is 2.16. The second kappa shape index (κ2) is 4.90. The van der Waals surface area contributed by atoms with E-state index in [9.17, 15) is 0 Å². The van der Waals surface area contributed by atoms with Gasteiger partial charge in [0.1, 0.15) is 0 Å². The maximum absolute atomic E-state index is 5.91. The van der Waals surface area contributed by atoms with Gasteiger partial charge in [-0.15, -0.1) is 0 Å². The minimum atomic E-state index is 0.680. The maximum atomic E-state index is 5.91. The van der Waals surface area contributed by atoms with Crippen molar-refractivity contribution in [2.24, 2.45) is 0 Å². The van der Waals surface area contributed by atoms with E-state index >= 15 is 0 Å². The summed E-state index contributed by atoms with van der Waals surface area (Å²) in [5.41, 5.74) is 0.875. The molecule has 0 radical (unpaired) electrons. The molecule has 0 bridgehead atoms. The van der Waals surface area contributed by atoms with Crippen LogP contribution in [0.3, 0.4) is 0 Å². The van der Waals surface area contributed by atoms with Gasteiger partial charge in [-0.2, -0.15) is 0 Å². The second-order valence-corrected chi connectivity index (χ2v) is 3.65. The smallest absolute Gasteiger partial charge is 0.0493 e. The average molecular weight is 266 g/mol. The van der Waals surface area contributed by atoms with Gasteiger partial charge < -0.3 is 0 Å². The van der Waals surface area contributed by atoms with E-state index in [-0.39, 0.29) is 0 Å². The second-order valence-electron chi connectivity index (χ2n) is 2.19. The minimum Gasteiger partial charge on any atom is -0.0883 e. The van der Waals surface area contributed by atoms with E-state index in [1.807, 2.05) is 30.4 Å². The first-order chi connectivity index (χ1) is 5.75. The van der Waals surface area contributed by atoms with Crippen LogP contribution >= 0.6 is 39.1 Å². The van der Waals surface area contributed by atoms with Crippen molar-refractivity contribution in [1.29, 1.82) is 0 Å². The number of halogens is 3. The van der Waals surface area contributed by atoms with Gasteiger partial charge in [0.05, 0.1) is 0 Å². The summed E-state index contributed by atoms with van der Waals surface area (Å²) >= 11 is 15.1. The van der Waals surface area contributed by atoms with Crippen LogP contribution in [0.2, 0.25) is 10.0 Å². The molecule has 0 saturated heterocycles. The van der Waals surface area contributed by atoms with Crippen molar-refractivity contribution in [2.45, 2.75) is 0 Å². The summed E-state index contributed by atoms with van der Waals surface area (Å²) in [6, 6.07) is 5.47. The summed E-state index contributed by atoms with van der Waals surface area (Å²) in [5.74, 6) is 0. The van der Waals surface area contributed by atoms with Crippen LogP contribution < -0.4 is 0 Å². The Labute approximate surface area is 90.3 Å². The largest absolute Gasteiger partial charge is 0.0883 e. The number of hydrogen-bond donors (Lipinski definition) is 0. The molecule has 0 aromatic heterocycles. The van der Waals surface area contributed by atoms with Gasteiger partial charge >= 0.3 is 0 Å². The maximum Gasteiger partial charge on any atom is 0.0493 e. The van der Waals surface area contributed by atoms with Gasteiger partial charge in [-0.25, -0.2) is 0 Å². The van der Waals surface area contributed by atoms with Crippen LogP contribution in [0, 0.1) is 0 Å². The topological polar surface area (TPSA) is 0 Å². The Kier molecular flexibility index (Phi) is 4.13. The lowest BCUT2D eigenvalue weighted by molar-refractivity contribution is 1.64. The molecule has 0 aliphatic heterocycles. The molecular formula is C9H7BrCl2. The molecule has 0 spiro atoms. The predicted octanol–water partition coefficient (Wildman–Crippen LogP) is 4.40. The van der Waals surface area contributed by atoms with Gasteiger partial charge in [-0.3, -0.25) is 0 Å². The summed E-state index contributed by atoms with van der Waals surface area (Å²) in [6.45, 7) is 0. The third-order valence-electron chi connectivity index (χ3n) is 1.37. The highest BCUT2D eigenvalue weighted by molar-refractivity contribution is 9.09. The van der Waals surface area contributed by atoms with Crippen LogP contribution in [0.4, 0.5) is 0 Å². The van der Waals surface area contributed by atoms with Gasteiger partial charge in [-0.1, -0.05) is 57.4 Å². The Balaban J connectivity index is 3.04. The summed E-state index contributed by atoms with van der Waals surface area (Å²) in [6.07, 6.45) is 3.85. The molecule has 0 nitrogen and oxygen atoms in total. The Morgan fingerprint density at radius 3 is 2.33 bits per heavy atom. The molecule has 0 fully saturated rings. The van der Waals surface area contributed by atoms with Crippen molar-refractivity contribution in [3.05, 3.63) is 39.9 Å². The SMILES string of the molecule is Clc1cccc(Cl)c1/C=C/CBr. The number of allylic oxidation sites excluding steroid dienone is 1. The number of alkyl halides is 1. The highest BCUT2D eigenvalue weighted by Crippen LogP contribution is 2.25. The van der Waals surface area contributed by atoms with E-state index in [0.717, 1.165) is 10.9 Å². The summed E-state index contributed by atoms with van der Waals surface area (Å²) < 4.78 is 0. The molecule has 0 heterocycles. The Morgan fingerprint density at radius 1 is 1.25 bits per heavy atom. The van der Waals surface area contributed by atoms with Crippen LogP contribution in [0.15, 0.2) is 24.3 Å². The normalized spacial score (nSPS) is 10.9. The molecule has 0 N–H and O–H groups in total.